The van der Waals surface area contributed by atoms with Gasteiger partial charge in [0.2, 0.25) is 0 Å². The van der Waals surface area contributed by atoms with Crippen LogP contribution in [0.3, 0.4) is 0 Å². The molecule has 3 aliphatic carbocycles. The van der Waals surface area contributed by atoms with Gasteiger partial charge in [0.15, 0.2) is 0 Å². The van der Waals surface area contributed by atoms with Crippen molar-refractivity contribution in [2.45, 2.75) is 64.8 Å². The normalized spacial score (nSPS) is 24.9. The highest BCUT2D eigenvalue weighted by Crippen LogP contribution is 2.49. The Kier molecular flexibility index (Phi) is 5.00. The van der Waals surface area contributed by atoms with Gasteiger partial charge in [-0.2, -0.15) is 0 Å². The van der Waals surface area contributed by atoms with Crippen molar-refractivity contribution in [3.05, 3.63) is 35.0 Å². The first-order chi connectivity index (χ1) is 12.6. The number of carbonyl (C=O) groups excluding carboxylic acids is 1. The Bertz CT molecular complexity index is 788. The Hall–Kier alpha value is -1.48. The summed E-state index contributed by atoms with van der Waals surface area (Å²) in [6.45, 7) is 3.92. The number of carbonyl (C=O) groups is 1. The molecule has 1 N–H and O–H groups in total. The fourth-order valence-corrected chi connectivity index (χ4v) is 5.23. The Balaban J connectivity index is 1.56. The van der Waals surface area contributed by atoms with E-state index in [0.717, 1.165) is 48.3 Å². The van der Waals surface area contributed by atoms with E-state index in [1.165, 1.54) is 38.5 Å². The van der Waals surface area contributed by atoms with Gasteiger partial charge >= 0.3 is 0 Å². The smallest absolute Gasteiger partial charge is 0.253 e. The van der Waals surface area contributed by atoms with E-state index < -0.39 is 0 Å². The number of unbranched alkanes of at least 4 members (excludes halogenated alkanes) is 1. The number of aromatic nitrogens is 1. The van der Waals surface area contributed by atoms with Gasteiger partial charge in [0.05, 0.1) is 16.1 Å². The second kappa shape index (κ2) is 7.26. The zero-order valence-corrected chi connectivity index (χ0v) is 16.4. The minimum absolute atomic E-state index is 0.0282. The lowest BCUT2D eigenvalue weighted by atomic mass is 9.61. The first-order valence-electron chi connectivity index (χ1n) is 10.2. The number of nitrogens with zero attached hydrogens (tertiary/aromatic N) is 1. The quantitative estimate of drug-likeness (QED) is 0.683. The summed E-state index contributed by atoms with van der Waals surface area (Å²) >= 11 is 6.47. The third-order valence-electron chi connectivity index (χ3n) is 6.73. The minimum atomic E-state index is 0.0282. The first-order valence-corrected chi connectivity index (χ1v) is 10.6. The van der Waals surface area contributed by atoms with Crippen molar-refractivity contribution in [1.29, 1.82) is 0 Å². The van der Waals surface area contributed by atoms with E-state index in [9.17, 15) is 4.79 Å². The fourth-order valence-electron chi connectivity index (χ4n) is 4.96. The molecule has 1 heterocycles. The maximum Gasteiger partial charge on any atom is 0.253 e. The molecular formula is C22H29ClN2O. The van der Waals surface area contributed by atoms with Crippen LogP contribution >= 0.6 is 11.6 Å². The third kappa shape index (κ3) is 3.26. The van der Waals surface area contributed by atoms with Gasteiger partial charge in [-0.05, 0) is 68.4 Å². The molecule has 3 fully saturated rings. The number of rotatable bonds is 6. The summed E-state index contributed by atoms with van der Waals surface area (Å²) in [5.41, 5.74) is 2.13. The Morgan fingerprint density at radius 2 is 2.00 bits per heavy atom. The number of nitrogens with one attached hydrogen (secondary N) is 1. The van der Waals surface area contributed by atoms with Crippen molar-refractivity contribution in [2.24, 2.45) is 11.3 Å². The maximum absolute atomic E-state index is 13.0. The lowest BCUT2D eigenvalue weighted by Crippen LogP contribution is -2.43. The summed E-state index contributed by atoms with van der Waals surface area (Å²) in [6, 6.07) is 5.91. The van der Waals surface area contributed by atoms with E-state index in [-0.39, 0.29) is 5.91 Å². The zero-order valence-electron chi connectivity index (χ0n) is 15.7. The van der Waals surface area contributed by atoms with Crippen LogP contribution in [0.25, 0.3) is 10.9 Å². The molecule has 1 amide bonds. The van der Waals surface area contributed by atoms with Gasteiger partial charge in [0.25, 0.3) is 5.91 Å². The van der Waals surface area contributed by atoms with Crippen molar-refractivity contribution in [3.63, 3.8) is 0 Å². The monoisotopic (exact) mass is 372 g/mol. The topological polar surface area (TPSA) is 34.0 Å². The maximum atomic E-state index is 13.0. The van der Waals surface area contributed by atoms with Gasteiger partial charge < -0.3 is 9.88 Å². The minimum Gasteiger partial charge on any atom is -0.351 e. The van der Waals surface area contributed by atoms with E-state index >= 15 is 0 Å². The summed E-state index contributed by atoms with van der Waals surface area (Å²) in [5.74, 6) is 0.975. The van der Waals surface area contributed by atoms with Crippen LogP contribution in [0, 0.1) is 11.3 Å². The Morgan fingerprint density at radius 3 is 2.69 bits per heavy atom. The molecule has 3 nitrogen and oxygen atoms in total. The molecule has 2 bridgehead atoms. The molecule has 0 spiro atoms. The summed E-state index contributed by atoms with van der Waals surface area (Å²) in [5, 5.41) is 4.82. The number of fused-ring (bicyclic) bond motifs is 4. The molecule has 0 unspecified atom stereocenters. The number of hydrogen-bond donors (Lipinski definition) is 1. The van der Waals surface area contributed by atoms with Crippen LogP contribution in [0.15, 0.2) is 24.4 Å². The van der Waals surface area contributed by atoms with Crippen molar-refractivity contribution >= 4 is 28.4 Å². The fraction of sp³-hybridized carbons (Fsp3) is 0.591. The molecule has 1 aromatic heterocycles. The van der Waals surface area contributed by atoms with Gasteiger partial charge in [-0.3, -0.25) is 4.79 Å². The van der Waals surface area contributed by atoms with Crippen LogP contribution in [-0.2, 0) is 6.54 Å². The third-order valence-corrected chi connectivity index (χ3v) is 7.04. The lowest BCUT2D eigenvalue weighted by molar-refractivity contribution is 0.0598. The lowest BCUT2D eigenvalue weighted by Gasteiger charge is -2.46. The van der Waals surface area contributed by atoms with Crippen molar-refractivity contribution in [1.82, 2.24) is 9.88 Å². The van der Waals surface area contributed by atoms with Crippen LogP contribution in [0.4, 0.5) is 0 Å². The molecular weight excluding hydrogens is 344 g/mol. The van der Waals surface area contributed by atoms with Gasteiger partial charge in [-0.25, -0.2) is 0 Å². The largest absolute Gasteiger partial charge is 0.351 e. The molecule has 0 atom stereocenters. The zero-order chi connectivity index (χ0) is 18.1. The molecule has 26 heavy (non-hydrogen) atoms. The van der Waals surface area contributed by atoms with E-state index in [2.05, 4.69) is 22.9 Å². The van der Waals surface area contributed by atoms with Crippen LogP contribution in [-0.4, -0.2) is 17.0 Å². The Morgan fingerprint density at radius 1 is 1.27 bits per heavy atom. The number of benzene rings is 1. The van der Waals surface area contributed by atoms with Crippen LogP contribution in [0.5, 0.6) is 0 Å². The number of amides is 1. The first kappa shape index (κ1) is 17.9. The molecule has 4 heteroatoms. The van der Waals surface area contributed by atoms with Crippen molar-refractivity contribution in [3.8, 4) is 0 Å². The summed E-state index contributed by atoms with van der Waals surface area (Å²) in [4.78, 5) is 13.0. The highest BCUT2D eigenvalue weighted by atomic mass is 35.5. The SMILES string of the molecule is CCCCn1cc(C(=O)NCC23CCC(CC2)CC3)c2c(Cl)cccc21. The van der Waals surface area contributed by atoms with Crippen LogP contribution in [0.2, 0.25) is 5.02 Å². The number of aryl methyl sites for hydroxylation is 1. The van der Waals surface area contributed by atoms with Gasteiger partial charge in [0.1, 0.15) is 0 Å². The van der Waals surface area contributed by atoms with Crippen LogP contribution < -0.4 is 5.32 Å². The molecule has 5 rings (SSSR count). The summed E-state index contributed by atoms with van der Waals surface area (Å²) < 4.78 is 2.18. The molecule has 3 saturated carbocycles. The average molecular weight is 373 g/mol. The second-order valence-electron chi connectivity index (χ2n) is 8.39. The summed E-state index contributed by atoms with van der Waals surface area (Å²) in [6.07, 6.45) is 12.1. The van der Waals surface area contributed by atoms with E-state index in [4.69, 9.17) is 11.6 Å². The second-order valence-corrected chi connectivity index (χ2v) is 8.80. The van der Waals surface area contributed by atoms with Crippen molar-refractivity contribution in [2.75, 3.05) is 6.54 Å². The van der Waals surface area contributed by atoms with E-state index in [1.54, 1.807) is 0 Å². The van der Waals surface area contributed by atoms with Crippen LogP contribution in [0.1, 0.15) is 68.6 Å². The number of halogens is 1. The van der Waals surface area contributed by atoms with Gasteiger partial charge in [-0.1, -0.05) is 31.0 Å². The average Bonchev–Trinajstić information content (AvgIpc) is 3.06. The molecule has 2 aromatic rings. The molecule has 3 aliphatic rings. The van der Waals surface area contributed by atoms with Gasteiger partial charge in [-0.15, -0.1) is 0 Å². The number of hydrogen-bond acceptors (Lipinski definition) is 1. The van der Waals surface area contributed by atoms with Gasteiger partial charge in [0, 0.05) is 24.7 Å². The molecule has 0 radical (unpaired) electrons. The van der Waals surface area contributed by atoms with Crippen molar-refractivity contribution < 1.29 is 4.79 Å². The molecule has 1 aromatic carbocycles. The Labute approximate surface area is 161 Å². The molecule has 0 saturated heterocycles. The highest BCUT2D eigenvalue weighted by molar-refractivity contribution is 6.36. The standard InChI is InChI=1S/C22H29ClN2O/c1-2-3-13-25-14-17(20-18(23)5-4-6-19(20)25)21(26)24-15-22-10-7-16(8-11-22)9-12-22/h4-6,14,16H,2-3,7-13,15H2,1H3,(H,24,26). The highest BCUT2D eigenvalue weighted by Gasteiger charge is 2.40. The predicted molar refractivity (Wildman–Crippen MR) is 108 cm³/mol. The summed E-state index contributed by atoms with van der Waals surface area (Å²) in [7, 11) is 0. The predicted octanol–water partition coefficient (Wildman–Crippen LogP) is 5.80. The molecule has 140 valence electrons. The van der Waals surface area contributed by atoms with E-state index in [1.807, 2.05) is 18.3 Å². The molecule has 0 aliphatic heterocycles. The van der Waals surface area contributed by atoms with E-state index in [0.29, 0.717) is 10.4 Å².